The van der Waals surface area contributed by atoms with Gasteiger partial charge in [-0.1, -0.05) is 12.1 Å². The average molecular weight is 387 g/mol. The number of para-hydroxylation sites is 1. The Hall–Kier alpha value is -2.74. The molecular formula is C19H21N3O4S. The highest BCUT2D eigenvalue weighted by atomic mass is 32.2. The van der Waals surface area contributed by atoms with Crippen molar-refractivity contribution in [2.24, 2.45) is 0 Å². The van der Waals surface area contributed by atoms with E-state index in [2.05, 4.69) is 10.1 Å². The number of nitrogens with zero attached hydrogens (tertiary/aromatic N) is 3. The highest BCUT2D eigenvalue weighted by Crippen LogP contribution is 2.31. The van der Waals surface area contributed by atoms with E-state index >= 15 is 0 Å². The lowest BCUT2D eigenvalue weighted by Crippen LogP contribution is -2.27. The third-order valence-electron chi connectivity index (χ3n) is 3.56. The summed E-state index contributed by atoms with van der Waals surface area (Å²) in [5.41, 5.74) is 1.70. The number of hydrogen-bond acceptors (Lipinski definition) is 6. The molecule has 27 heavy (non-hydrogen) atoms. The summed E-state index contributed by atoms with van der Waals surface area (Å²) < 4.78 is 24.4. The fourth-order valence-electron chi connectivity index (χ4n) is 2.53. The van der Waals surface area contributed by atoms with E-state index in [4.69, 9.17) is 9.47 Å². The molecule has 0 saturated heterocycles. The van der Waals surface area contributed by atoms with Gasteiger partial charge in [-0.3, -0.25) is 4.21 Å². The SMILES string of the molecule is CS(=O)c1ncc2ccc(-c3ccccc3OCC(=O)OC(C)(C)C)n2n1. The molecule has 0 N–H and O–H groups in total. The van der Waals surface area contributed by atoms with Gasteiger partial charge < -0.3 is 9.47 Å². The summed E-state index contributed by atoms with van der Waals surface area (Å²) in [5, 5.41) is 4.60. The van der Waals surface area contributed by atoms with Crippen molar-refractivity contribution in [3.63, 3.8) is 0 Å². The zero-order chi connectivity index (χ0) is 19.6. The molecule has 0 aliphatic heterocycles. The minimum atomic E-state index is -1.29. The number of ether oxygens (including phenoxy) is 2. The van der Waals surface area contributed by atoms with E-state index in [9.17, 15) is 9.00 Å². The van der Waals surface area contributed by atoms with Crippen molar-refractivity contribution >= 4 is 22.3 Å². The fraction of sp³-hybridized carbons (Fsp3) is 0.316. The van der Waals surface area contributed by atoms with Crippen LogP contribution in [0, 0.1) is 0 Å². The molecule has 0 spiro atoms. The molecule has 0 fully saturated rings. The molecule has 1 aromatic carbocycles. The molecule has 0 saturated carbocycles. The molecule has 142 valence electrons. The van der Waals surface area contributed by atoms with Gasteiger partial charge in [0, 0.05) is 11.8 Å². The first-order chi connectivity index (χ1) is 12.7. The van der Waals surface area contributed by atoms with E-state index in [0.29, 0.717) is 5.75 Å². The zero-order valence-corrected chi connectivity index (χ0v) is 16.4. The summed E-state index contributed by atoms with van der Waals surface area (Å²) in [6.45, 7) is 5.22. The Labute approximate surface area is 159 Å². The molecule has 2 heterocycles. The van der Waals surface area contributed by atoms with Gasteiger partial charge in [-0.05, 0) is 45.0 Å². The van der Waals surface area contributed by atoms with Gasteiger partial charge in [-0.25, -0.2) is 14.3 Å². The van der Waals surface area contributed by atoms with Crippen molar-refractivity contribution in [3.05, 3.63) is 42.6 Å². The van der Waals surface area contributed by atoms with E-state index in [1.807, 2.05) is 30.3 Å². The second-order valence-electron chi connectivity index (χ2n) is 6.92. The second-order valence-corrected chi connectivity index (χ2v) is 8.19. The van der Waals surface area contributed by atoms with Crippen LogP contribution in [0.3, 0.4) is 0 Å². The number of benzene rings is 1. The first-order valence-corrected chi connectivity index (χ1v) is 9.93. The van der Waals surface area contributed by atoms with Gasteiger partial charge in [0.25, 0.3) is 0 Å². The minimum absolute atomic E-state index is 0.198. The smallest absolute Gasteiger partial charge is 0.344 e. The fourth-order valence-corrected chi connectivity index (χ4v) is 2.93. The molecule has 8 heteroatoms. The van der Waals surface area contributed by atoms with Crippen molar-refractivity contribution in [3.8, 4) is 17.0 Å². The highest BCUT2D eigenvalue weighted by Gasteiger charge is 2.18. The van der Waals surface area contributed by atoms with Crippen LogP contribution in [0.4, 0.5) is 0 Å². The molecular weight excluding hydrogens is 366 g/mol. The van der Waals surface area contributed by atoms with E-state index < -0.39 is 22.4 Å². The van der Waals surface area contributed by atoms with Gasteiger partial charge in [0.2, 0.25) is 5.16 Å². The van der Waals surface area contributed by atoms with Gasteiger partial charge in [0.1, 0.15) is 11.4 Å². The minimum Gasteiger partial charge on any atom is -0.481 e. The Morgan fingerprint density at radius 2 is 1.93 bits per heavy atom. The number of carbonyl (C=O) groups excluding carboxylic acids is 1. The molecule has 3 rings (SSSR count). The maximum absolute atomic E-state index is 12.0. The molecule has 0 radical (unpaired) electrons. The Morgan fingerprint density at radius 1 is 1.19 bits per heavy atom. The third kappa shape index (κ3) is 4.51. The second kappa shape index (κ2) is 7.48. The predicted molar refractivity (Wildman–Crippen MR) is 102 cm³/mol. The Kier molecular flexibility index (Phi) is 5.27. The molecule has 1 atom stereocenters. The van der Waals surface area contributed by atoms with Crippen LogP contribution < -0.4 is 4.74 Å². The van der Waals surface area contributed by atoms with Gasteiger partial charge in [0.15, 0.2) is 6.61 Å². The van der Waals surface area contributed by atoms with Crippen LogP contribution in [-0.4, -0.2) is 43.2 Å². The van der Waals surface area contributed by atoms with Crippen LogP contribution in [-0.2, 0) is 20.3 Å². The average Bonchev–Trinajstić information content (AvgIpc) is 3.01. The summed E-state index contributed by atoms with van der Waals surface area (Å²) in [6, 6.07) is 11.1. The van der Waals surface area contributed by atoms with Crippen molar-refractivity contribution in [1.29, 1.82) is 0 Å². The number of aromatic nitrogens is 3. The first kappa shape index (κ1) is 19.0. The van der Waals surface area contributed by atoms with Crippen molar-refractivity contribution in [1.82, 2.24) is 14.6 Å². The van der Waals surface area contributed by atoms with Crippen LogP contribution in [0.25, 0.3) is 16.8 Å². The summed E-state index contributed by atoms with van der Waals surface area (Å²) in [4.78, 5) is 16.1. The molecule has 2 aromatic heterocycles. The number of fused-ring (bicyclic) bond motifs is 1. The Bertz CT molecular complexity index is 1010. The van der Waals surface area contributed by atoms with Crippen LogP contribution in [0.1, 0.15) is 20.8 Å². The largest absolute Gasteiger partial charge is 0.481 e. The number of carbonyl (C=O) groups is 1. The number of hydrogen-bond donors (Lipinski definition) is 0. The molecule has 3 aromatic rings. The molecule has 1 unspecified atom stereocenters. The monoisotopic (exact) mass is 387 g/mol. The summed E-state index contributed by atoms with van der Waals surface area (Å²) in [6.07, 6.45) is 3.15. The lowest BCUT2D eigenvalue weighted by atomic mass is 10.1. The van der Waals surface area contributed by atoms with E-state index in [1.54, 1.807) is 37.5 Å². The lowest BCUT2D eigenvalue weighted by molar-refractivity contribution is -0.157. The molecule has 0 amide bonds. The maximum Gasteiger partial charge on any atom is 0.344 e. The lowest BCUT2D eigenvalue weighted by Gasteiger charge is -2.19. The van der Waals surface area contributed by atoms with Gasteiger partial charge in [0.05, 0.1) is 28.2 Å². The first-order valence-electron chi connectivity index (χ1n) is 8.37. The van der Waals surface area contributed by atoms with E-state index in [0.717, 1.165) is 16.8 Å². The summed E-state index contributed by atoms with van der Waals surface area (Å²) in [5.74, 6) is 0.0875. The van der Waals surface area contributed by atoms with Crippen LogP contribution in [0.5, 0.6) is 5.75 Å². The van der Waals surface area contributed by atoms with Gasteiger partial charge in [-0.15, -0.1) is 5.10 Å². The normalized spacial score (nSPS) is 12.7. The number of rotatable bonds is 5. The summed E-state index contributed by atoms with van der Waals surface area (Å²) >= 11 is 0. The highest BCUT2D eigenvalue weighted by molar-refractivity contribution is 7.84. The summed E-state index contributed by atoms with van der Waals surface area (Å²) in [7, 11) is -1.29. The molecule has 0 aliphatic carbocycles. The number of esters is 1. The van der Waals surface area contributed by atoms with E-state index in [1.165, 1.54) is 6.26 Å². The topological polar surface area (TPSA) is 82.8 Å². The van der Waals surface area contributed by atoms with Crippen LogP contribution in [0.15, 0.2) is 47.8 Å². The van der Waals surface area contributed by atoms with Crippen LogP contribution >= 0.6 is 0 Å². The zero-order valence-electron chi connectivity index (χ0n) is 15.6. The van der Waals surface area contributed by atoms with Crippen molar-refractivity contribution in [2.75, 3.05) is 12.9 Å². The maximum atomic E-state index is 12.0. The van der Waals surface area contributed by atoms with Gasteiger partial charge >= 0.3 is 5.97 Å². The van der Waals surface area contributed by atoms with Crippen molar-refractivity contribution in [2.45, 2.75) is 31.5 Å². The standard InChI is InChI=1S/C19H21N3O4S/c1-19(2,3)26-17(23)12-25-16-8-6-5-7-14(16)15-10-9-13-11-20-18(27(4)24)21-22(13)15/h5-11H,12H2,1-4H3. The van der Waals surface area contributed by atoms with Crippen LogP contribution in [0.2, 0.25) is 0 Å². The molecule has 0 aliphatic rings. The Balaban J connectivity index is 1.92. The quantitative estimate of drug-likeness (QED) is 0.626. The third-order valence-corrected chi connectivity index (χ3v) is 4.26. The van der Waals surface area contributed by atoms with Crippen molar-refractivity contribution < 1.29 is 18.5 Å². The predicted octanol–water partition coefficient (Wildman–Crippen LogP) is 2.85. The molecule has 7 nitrogen and oxygen atoms in total. The Morgan fingerprint density at radius 3 is 2.63 bits per heavy atom. The van der Waals surface area contributed by atoms with Gasteiger partial charge in [-0.2, -0.15) is 0 Å². The molecule has 0 bridgehead atoms. The van der Waals surface area contributed by atoms with E-state index in [-0.39, 0.29) is 11.8 Å².